The van der Waals surface area contributed by atoms with Crippen molar-refractivity contribution in [2.75, 3.05) is 11.0 Å². The maximum atomic E-state index is 12.9. The van der Waals surface area contributed by atoms with E-state index in [1.165, 1.54) is 24.3 Å². The number of aromatic nitrogens is 2. The van der Waals surface area contributed by atoms with E-state index in [2.05, 4.69) is 14.9 Å². The van der Waals surface area contributed by atoms with E-state index in [-0.39, 0.29) is 9.79 Å². The predicted octanol–water partition coefficient (Wildman–Crippen LogP) is 3.94. The van der Waals surface area contributed by atoms with E-state index < -0.39 is 19.9 Å². The largest absolute Gasteiger partial charge is 0.280 e. The van der Waals surface area contributed by atoms with Crippen LogP contribution >= 0.6 is 0 Å². The van der Waals surface area contributed by atoms with Crippen molar-refractivity contribution in [1.29, 1.82) is 0 Å². The topological polar surface area (TPSA) is 109 Å². The lowest BCUT2D eigenvalue weighted by Gasteiger charge is -2.11. The third-order valence-corrected chi connectivity index (χ3v) is 7.34. The summed E-state index contributed by atoms with van der Waals surface area (Å²) in [7, 11) is -7.84. The van der Waals surface area contributed by atoms with Gasteiger partial charge < -0.3 is 0 Å². The molecule has 0 saturated carbocycles. The third kappa shape index (κ3) is 4.52. The molecular weight excluding hydrogens is 434 g/mol. The van der Waals surface area contributed by atoms with Gasteiger partial charge in [-0.05, 0) is 42.0 Å². The van der Waals surface area contributed by atoms with Crippen molar-refractivity contribution in [2.45, 2.75) is 9.79 Å². The molecule has 0 fully saturated rings. The van der Waals surface area contributed by atoms with E-state index in [9.17, 15) is 16.8 Å². The first-order chi connectivity index (χ1) is 14.7. The molecule has 0 aliphatic carbocycles. The molecule has 0 aliphatic heterocycles. The van der Waals surface area contributed by atoms with Gasteiger partial charge >= 0.3 is 0 Å². The van der Waals surface area contributed by atoms with Gasteiger partial charge in [-0.1, -0.05) is 48.5 Å². The van der Waals surface area contributed by atoms with E-state index in [4.69, 9.17) is 0 Å². The zero-order chi connectivity index (χ0) is 22.1. The highest BCUT2D eigenvalue weighted by molar-refractivity contribution is 7.95. The molecule has 4 aromatic rings. The average Bonchev–Trinajstić information content (AvgIpc) is 3.14. The second-order valence-electron chi connectivity index (χ2n) is 6.94. The molecule has 0 aliphatic rings. The molecule has 1 aromatic heterocycles. The number of sulfonamides is 1. The fraction of sp³-hybridized carbons (Fsp3) is 0.0455. The summed E-state index contributed by atoms with van der Waals surface area (Å²) in [4.78, 5) is -0.549. The van der Waals surface area contributed by atoms with Gasteiger partial charge in [0.25, 0.3) is 10.0 Å². The average molecular weight is 454 g/mol. The third-order valence-electron chi connectivity index (χ3n) is 4.62. The maximum Gasteiger partial charge on any atom is 0.263 e. The standard InChI is InChI=1S/C22H19N3O4S2/c1-30(26,27)21-9-5-6-10-22(21)31(28,29)25-17-12-14-20-18(15-17)19(23-24-20)13-11-16-7-3-2-4-8-16/h2-15,25H,1H3,(H,23,24). The minimum Gasteiger partial charge on any atom is -0.280 e. The molecule has 4 rings (SSSR count). The molecule has 0 saturated heterocycles. The Morgan fingerprint density at radius 2 is 1.52 bits per heavy atom. The molecule has 0 radical (unpaired) electrons. The van der Waals surface area contributed by atoms with Gasteiger partial charge in [0.15, 0.2) is 9.84 Å². The Hall–Kier alpha value is -3.43. The van der Waals surface area contributed by atoms with Crippen molar-refractivity contribution < 1.29 is 16.8 Å². The molecule has 9 heteroatoms. The van der Waals surface area contributed by atoms with E-state index in [0.29, 0.717) is 11.4 Å². The number of anilines is 1. The highest BCUT2D eigenvalue weighted by atomic mass is 32.2. The summed E-state index contributed by atoms with van der Waals surface area (Å²) in [6.45, 7) is 0. The zero-order valence-corrected chi connectivity index (χ0v) is 18.1. The molecule has 0 spiro atoms. The maximum absolute atomic E-state index is 12.9. The van der Waals surface area contributed by atoms with Crippen LogP contribution in [0, 0.1) is 0 Å². The highest BCUT2D eigenvalue weighted by Crippen LogP contribution is 2.26. The molecule has 0 bridgehead atoms. The van der Waals surface area contributed by atoms with Gasteiger partial charge in [-0.15, -0.1) is 0 Å². The van der Waals surface area contributed by atoms with Crippen LogP contribution in [0.2, 0.25) is 0 Å². The lowest BCUT2D eigenvalue weighted by Crippen LogP contribution is -2.16. The number of benzene rings is 3. The van der Waals surface area contributed by atoms with Gasteiger partial charge in [0.2, 0.25) is 0 Å². The summed E-state index contributed by atoms with van der Waals surface area (Å²) >= 11 is 0. The lowest BCUT2D eigenvalue weighted by atomic mass is 10.1. The highest BCUT2D eigenvalue weighted by Gasteiger charge is 2.23. The Morgan fingerprint density at radius 3 is 2.23 bits per heavy atom. The summed E-state index contributed by atoms with van der Waals surface area (Å²) in [6.07, 6.45) is 4.73. The van der Waals surface area contributed by atoms with Gasteiger partial charge in [0, 0.05) is 17.3 Å². The van der Waals surface area contributed by atoms with E-state index >= 15 is 0 Å². The number of aromatic amines is 1. The van der Waals surface area contributed by atoms with Crippen LogP contribution in [0.25, 0.3) is 23.1 Å². The fourth-order valence-corrected chi connectivity index (χ4v) is 5.83. The molecule has 31 heavy (non-hydrogen) atoms. The zero-order valence-electron chi connectivity index (χ0n) is 16.5. The van der Waals surface area contributed by atoms with Crippen LogP contribution in [0.15, 0.2) is 82.6 Å². The van der Waals surface area contributed by atoms with Crippen molar-refractivity contribution in [1.82, 2.24) is 10.2 Å². The first kappa shape index (κ1) is 20.8. The number of hydrogen-bond acceptors (Lipinski definition) is 5. The number of rotatable bonds is 6. The summed E-state index contributed by atoms with van der Waals surface area (Å²) < 4.78 is 52.4. The molecule has 3 aromatic carbocycles. The smallest absolute Gasteiger partial charge is 0.263 e. The van der Waals surface area contributed by atoms with Crippen LogP contribution in [0.1, 0.15) is 11.3 Å². The van der Waals surface area contributed by atoms with Gasteiger partial charge in [-0.3, -0.25) is 9.82 Å². The molecule has 7 nitrogen and oxygen atoms in total. The quantitative estimate of drug-likeness (QED) is 0.460. The van der Waals surface area contributed by atoms with Crippen LogP contribution in [0.3, 0.4) is 0 Å². The first-order valence-corrected chi connectivity index (χ1v) is 12.6. The Morgan fingerprint density at radius 1 is 0.839 bits per heavy atom. The summed E-state index contributed by atoms with van der Waals surface area (Å²) in [5, 5.41) is 7.93. The van der Waals surface area contributed by atoms with Crippen molar-refractivity contribution in [2.24, 2.45) is 0 Å². The van der Waals surface area contributed by atoms with Gasteiger partial charge in [-0.2, -0.15) is 5.10 Å². The Balaban J connectivity index is 1.69. The fourth-order valence-electron chi connectivity index (χ4n) is 3.15. The Labute approximate surface area is 180 Å². The molecule has 1 heterocycles. The monoisotopic (exact) mass is 453 g/mol. The van der Waals surface area contributed by atoms with Crippen LogP contribution in [-0.2, 0) is 19.9 Å². The van der Waals surface area contributed by atoms with Crippen molar-refractivity contribution in [3.8, 4) is 0 Å². The van der Waals surface area contributed by atoms with E-state index in [1.54, 1.807) is 18.2 Å². The molecule has 0 unspecified atom stereocenters. The number of nitrogens with zero attached hydrogens (tertiary/aromatic N) is 1. The Kier molecular flexibility index (Phi) is 5.38. The molecule has 0 atom stereocenters. The second-order valence-corrected chi connectivity index (χ2v) is 10.6. The summed E-state index contributed by atoms with van der Waals surface area (Å²) in [5.74, 6) is 0. The van der Waals surface area contributed by atoms with Crippen LogP contribution < -0.4 is 4.72 Å². The number of nitrogens with one attached hydrogen (secondary N) is 2. The van der Waals surface area contributed by atoms with Crippen molar-refractivity contribution in [3.63, 3.8) is 0 Å². The van der Waals surface area contributed by atoms with Gasteiger partial charge in [0.05, 0.1) is 16.1 Å². The van der Waals surface area contributed by atoms with Crippen LogP contribution in [0.5, 0.6) is 0 Å². The number of hydrogen-bond donors (Lipinski definition) is 2. The lowest BCUT2D eigenvalue weighted by molar-refractivity contribution is 0.588. The van der Waals surface area contributed by atoms with Crippen molar-refractivity contribution >= 4 is 48.6 Å². The van der Waals surface area contributed by atoms with Crippen molar-refractivity contribution in [3.05, 3.63) is 84.1 Å². The Bertz CT molecular complexity index is 1490. The number of H-pyrrole nitrogens is 1. The SMILES string of the molecule is CS(=O)(=O)c1ccccc1S(=O)(=O)Nc1ccc2[nH]nc(C=Cc3ccccc3)c2c1. The van der Waals surface area contributed by atoms with Gasteiger partial charge in [-0.25, -0.2) is 16.8 Å². The first-order valence-electron chi connectivity index (χ1n) is 9.27. The molecule has 2 N–H and O–H groups in total. The normalized spacial score (nSPS) is 12.4. The van der Waals surface area contributed by atoms with Gasteiger partial charge in [0.1, 0.15) is 4.90 Å². The molecule has 158 valence electrons. The summed E-state index contributed by atoms with van der Waals surface area (Å²) in [6, 6.07) is 20.2. The predicted molar refractivity (Wildman–Crippen MR) is 122 cm³/mol. The minimum absolute atomic E-state index is 0.252. The van der Waals surface area contributed by atoms with E-state index in [0.717, 1.165) is 22.7 Å². The van der Waals surface area contributed by atoms with E-state index in [1.807, 2.05) is 42.5 Å². The molecular formula is C22H19N3O4S2. The minimum atomic E-state index is -4.12. The second kappa shape index (κ2) is 8.01. The number of fused-ring (bicyclic) bond motifs is 1. The molecule has 0 amide bonds. The number of sulfone groups is 1. The van der Waals surface area contributed by atoms with Crippen LogP contribution in [-0.4, -0.2) is 33.3 Å². The van der Waals surface area contributed by atoms with Crippen LogP contribution in [0.4, 0.5) is 5.69 Å². The summed E-state index contributed by atoms with van der Waals surface area (Å²) in [5.41, 5.74) is 2.70.